The molecule has 2 aromatic carbocycles. The van der Waals surface area contributed by atoms with Crippen molar-refractivity contribution in [2.45, 2.75) is 25.3 Å². The predicted octanol–water partition coefficient (Wildman–Crippen LogP) is 4.42. The summed E-state index contributed by atoms with van der Waals surface area (Å²) >= 11 is 3.04. The lowest BCUT2D eigenvalue weighted by Crippen LogP contribution is -2.16. The summed E-state index contributed by atoms with van der Waals surface area (Å²) in [6.07, 6.45) is 7.49. The van der Waals surface area contributed by atoms with Gasteiger partial charge in [0.1, 0.15) is 0 Å². The summed E-state index contributed by atoms with van der Waals surface area (Å²) in [5, 5.41) is 0. The molecule has 1 heterocycles. The van der Waals surface area contributed by atoms with E-state index < -0.39 is 0 Å². The number of fused-ring (bicyclic) bond motifs is 1. The zero-order chi connectivity index (χ0) is 18.0. The van der Waals surface area contributed by atoms with Crippen LogP contribution in [0.4, 0.5) is 0 Å². The molecule has 0 spiro atoms. The van der Waals surface area contributed by atoms with Gasteiger partial charge >= 0.3 is 0 Å². The molecular formula is C20H18N2OS2. The second-order valence-corrected chi connectivity index (χ2v) is 7.55. The lowest BCUT2D eigenvalue weighted by molar-refractivity contribution is 0.0995. The van der Waals surface area contributed by atoms with Crippen LogP contribution in [0.15, 0.2) is 46.3 Å². The fraction of sp³-hybridized carbons (Fsp3) is 0.200. The van der Waals surface area contributed by atoms with Gasteiger partial charge in [-0.15, -0.1) is 18.2 Å². The molecule has 25 heavy (non-hydrogen) atoms. The first kappa shape index (κ1) is 17.5. The summed E-state index contributed by atoms with van der Waals surface area (Å²) in [5.41, 5.74) is 4.05. The Labute approximate surface area is 155 Å². The standard InChI is InChI=1S/C20H18N2OS2/c1-5-10-22-16-11-13(2)14(3)12-18(16)25-20(22)21-19(23)15-8-6-7-9-17(15)24-4/h1,6-9,11-12H,10H2,2-4H3. The Hall–Kier alpha value is -2.29. The molecule has 126 valence electrons. The second-order valence-electron chi connectivity index (χ2n) is 5.70. The van der Waals surface area contributed by atoms with E-state index in [1.807, 2.05) is 35.1 Å². The van der Waals surface area contributed by atoms with E-state index in [1.165, 1.54) is 22.5 Å². The van der Waals surface area contributed by atoms with E-state index in [9.17, 15) is 4.79 Å². The Balaban J connectivity index is 2.20. The molecule has 0 radical (unpaired) electrons. The summed E-state index contributed by atoms with van der Waals surface area (Å²) in [4.78, 5) is 18.7. The van der Waals surface area contributed by atoms with Gasteiger partial charge in [-0.1, -0.05) is 29.4 Å². The van der Waals surface area contributed by atoms with E-state index in [2.05, 4.69) is 36.9 Å². The van der Waals surface area contributed by atoms with Crippen molar-refractivity contribution in [1.29, 1.82) is 0 Å². The minimum absolute atomic E-state index is 0.240. The molecule has 1 amide bonds. The van der Waals surface area contributed by atoms with E-state index in [4.69, 9.17) is 6.42 Å². The Morgan fingerprint density at radius 3 is 2.72 bits per heavy atom. The first-order valence-corrected chi connectivity index (χ1v) is 9.85. The molecule has 0 N–H and O–H groups in total. The van der Waals surface area contributed by atoms with E-state index in [1.54, 1.807) is 11.8 Å². The average Bonchev–Trinajstić information content (AvgIpc) is 2.92. The van der Waals surface area contributed by atoms with Crippen molar-refractivity contribution < 1.29 is 4.79 Å². The number of terminal acetylenes is 1. The zero-order valence-electron chi connectivity index (χ0n) is 14.4. The minimum Gasteiger partial charge on any atom is -0.305 e. The predicted molar refractivity (Wildman–Crippen MR) is 106 cm³/mol. The number of benzene rings is 2. The van der Waals surface area contributed by atoms with Crippen LogP contribution in [0, 0.1) is 26.2 Å². The summed E-state index contributed by atoms with van der Waals surface area (Å²) in [7, 11) is 0. The Bertz CT molecular complexity index is 1070. The Morgan fingerprint density at radius 2 is 2.00 bits per heavy atom. The number of aromatic nitrogens is 1. The SMILES string of the molecule is C#CCn1c(=NC(=O)c2ccccc2SC)sc2cc(C)c(C)cc21. The second kappa shape index (κ2) is 7.30. The van der Waals surface area contributed by atoms with Crippen LogP contribution in [0.3, 0.4) is 0 Å². The molecule has 0 unspecified atom stereocenters. The summed E-state index contributed by atoms with van der Waals surface area (Å²) in [5.74, 6) is 2.43. The minimum atomic E-state index is -0.240. The number of aryl methyl sites for hydroxylation is 2. The molecule has 0 bridgehead atoms. The Kier molecular flexibility index (Phi) is 5.12. The maximum Gasteiger partial charge on any atom is 0.280 e. The zero-order valence-corrected chi connectivity index (χ0v) is 16.0. The highest BCUT2D eigenvalue weighted by Gasteiger charge is 2.12. The molecule has 0 saturated heterocycles. The van der Waals surface area contributed by atoms with Crippen LogP contribution < -0.4 is 4.80 Å². The van der Waals surface area contributed by atoms with E-state index in [0.29, 0.717) is 16.9 Å². The molecule has 5 heteroatoms. The normalized spacial score (nSPS) is 11.7. The van der Waals surface area contributed by atoms with Gasteiger partial charge < -0.3 is 4.57 Å². The number of thiazole rings is 1. The number of rotatable bonds is 3. The van der Waals surface area contributed by atoms with Crippen LogP contribution in [-0.2, 0) is 6.54 Å². The van der Waals surface area contributed by atoms with Crippen molar-refractivity contribution in [3.05, 3.63) is 57.9 Å². The summed E-state index contributed by atoms with van der Waals surface area (Å²) in [6.45, 7) is 4.54. The van der Waals surface area contributed by atoms with Crippen molar-refractivity contribution >= 4 is 39.2 Å². The summed E-state index contributed by atoms with van der Waals surface area (Å²) in [6, 6.07) is 11.8. The highest BCUT2D eigenvalue weighted by Crippen LogP contribution is 2.23. The maximum atomic E-state index is 12.7. The van der Waals surface area contributed by atoms with Crippen LogP contribution >= 0.6 is 23.1 Å². The van der Waals surface area contributed by atoms with Crippen molar-refractivity contribution in [2.75, 3.05) is 6.26 Å². The third-order valence-corrected chi connectivity index (χ3v) is 5.92. The van der Waals surface area contributed by atoms with Crippen LogP contribution in [-0.4, -0.2) is 16.7 Å². The van der Waals surface area contributed by atoms with Gasteiger partial charge in [-0.25, -0.2) is 0 Å². The maximum absolute atomic E-state index is 12.7. The fourth-order valence-electron chi connectivity index (χ4n) is 2.62. The molecule has 3 aromatic rings. The topological polar surface area (TPSA) is 34.4 Å². The van der Waals surface area contributed by atoms with Gasteiger partial charge in [-0.3, -0.25) is 4.79 Å². The average molecular weight is 367 g/mol. The number of carbonyl (C=O) groups is 1. The molecule has 0 aliphatic carbocycles. The van der Waals surface area contributed by atoms with Gasteiger partial charge in [-0.2, -0.15) is 4.99 Å². The van der Waals surface area contributed by atoms with Crippen molar-refractivity contribution in [2.24, 2.45) is 4.99 Å². The number of thioether (sulfide) groups is 1. The van der Waals surface area contributed by atoms with Crippen molar-refractivity contribution in [3.8, 4) is 12.3 Å². The lowest BCUT2D eigenvalue weighted by Gasteiger charge is -2.04. The van der Waals surface area contributed by atoms with Crippen LogP contribution in [0.2, 0.25) is 0 Å². The third kappa shape index (κ3) is 3.41. The molecule has 0 aliphatic rings. The number of carbonyl (C=O) groups excluding carboxylic acids is 1. The summed E-state index contributed by atoms with van der Waals surface area (Å²) < 4.78 is 3.02. The van der Waals surface area contributed by atoms with Gasteiger partial charge in [0.05, 0.1) is 22.3 Å². The lowest BCUT2D eigenvalue weighted by atomic mass is 10.1. The quantitative estimate of drug-likeness (QED) is 0.508. The largest absolute Gasteiger partial charge is 0.305 e. The van der Waals surface area contributed by atoms with Crippen molar-refractivity contribution in [3.63, 3.8) is 0 Å². The first-order chi connectivity index (χ1) is 12.0. The first-order valence-electron chi connectivity index (χ1n) is 7.81. The number of hydrogen-bond acceptors (Lipinski definition) is 3. The van der Waals surface area contributed by atoms with Gasteiger partial charge in [0.2, 0.25) is 0 Å². The number of nitrogens with zero attached hydrogens (tertiary/aromatic N) is 2. The third-order valence-electron chi connectivity index (χ3n) is 4.08. The van der Waals surface area contributed by atoms with Gasteiger partial charge in [0, 0.05) is 4.90 Å². The molecule has 0 fully saturated rings. The van der Waals surface area contributed by atoms with Crippen LogP contribution in [0.1, 0.15) is 21.5 Å². The highest BCUT2D eigenvalue weighted by atomic mass is 32.2. The van der Waals surface area contributed by atoms with E-state index >= 15 is 0 Å². The van der Waals surface area contributed by atoms with E-state index in [0.717, 1.165) is 15.1 Å². The highest BCUT2D eigenvalue weighted by molar-refractivity contribution is 7.98. The van der Waals surface area contributed by atoms with Gasteiger partial charge in [0.25, 0.3) is 5.91 Å². The van der Waals surface area contributed by atoms with Gasteiger partial charge in [0.15, 0.2) is 4.80 Å². The van der Waals surface area contributed by atoms with Crippen LogP contribution in [0.5, 0.6) is 0 Å². The number of amides is 1. The van der Waals surface area contributed by atoms with E-state index in [-0.39, 0.29) is 5.91 Å². The molecule has 3 nitrogen and oxygen atoms in total. The number of hydrogen-bond donors (Lipinski definition) is 0. The molecule has 0 saturated carbocycles. The molecule has 3 rings (SSSR count). The molecule has 1 aromatic heterocycles. The van der Waals surface area contributed by atoms with Crippen molar-refractivity contribution in [1.82, 2.24) is 4.57 Å². The molecule has 0 aliphatic heterocycles. The monoisotopic (exact) mass is 366 g/mol. The Morgan fingerprint density at radius 1 is 1.28 bits per heavy atom. The van der Waals surface area contributed by atoms with Crippen LogP contribution in [0.25, 0.3) is 10.2 Å². The van der Waals surface area contributed by atoms with Gasteiger partial charge in [-0.05, 0) is 55.5 Å². The molecule has 0 atom stereocenters. The smallest absolute Gasteiger partial charge is 0.280 e. The fourth-order valence-corrected chi connectivity index (χ4v) is 4.32. The molecular weight excluding hydrogens is 348 g/mol.